The van der Waals surface area contributed by atoms with E-state index in [2.05, 4.69) is 23.2 Å². The summed E-state index contributed by atoms with van der Waals surface area (Å²) in [6.07, 6.45) is 1.80. The molecule has 0 bridgehead atoms. The fraction of sp³-hybridized carbons (Fsp3) is 0.0909. The van der Waals surface area contributed by atoms with Gasteiger partial charge >= 0.3 is 0 Å². The van der Waals surface area contributed by atoms with Gasteiger partial charge in [-0.15, -0.1) is 11.3 Å². The summed E-state index contributed by atoms with van der Waals surface area (Å²) in [5, 5.41) is 1.22. The Kier molecular flexibility index (Phi) is 4.38. The van der Waals surface area contributed by atoms with E-state index in [0.717, 1.165) is 21.6 Å². The maximum atomic E-state index is 12.3. The lowest BCUT2D eigenvalue weighted by molar-refractivity contribution is 0.0827. The molecular weight excluding hydrogens is 354 g/mol. The SMILES string of the molecule is CN(C)C(=O)c1cccc(-c2cc(-c3cc4ccccc4s3)cnc2N)c1. The number of nitrogens with zero attached hydrogens (tertiary/aromatic N) is 2. The molecule has 0 aliphatic carbocycles. The van der Waals surface area contributed by atoms with Gasteiger partial charge in [0.25, 0.3) is 5.91 Å². The lowest BCUT2D eigenvalue weighted by atomic mass is 10.0. The molecule has 5 heteroatoms. The molecule has 0 fully saturated rings. The second-order valence-electron chi connectivity index (χ2n) is 6.59. The van der Waals surface area contributed by atoms with Gasteiger partial charge in [-0.05, 0) is 41.3 Å². The van der Waals surface area contributed by atoms with Crippen molar-refractivity contribution in [1.29, 1.82) is 0 Å². The number of nitrogens with two attached hydrogens (primary N) is 1. The van der Waals surface area contributed by atoms with E-state index in [1.807, 2.05) is 42.5 Å². The topological polar surface area (TPSA) is 59.2 Å². The number of benzene rings is 2. The number of aromatic nitrogens is 1. The zero-order valence-electron chi connectivity index (χ0n) is 15.1. The van der Waals surface area contributed by atoms with Gasteiger partial charge < -0.3 is 10.6 Å². The summed E-state index contributed by atoms with van der Waals surface area (Å²) in [7, 11) is 3.49. The normalized spacial score (nSPS) is 10.9. The van der Waals surface area contributed by atoms with Crippen LogP contribution in [0, 0.1) is 0 Å². The minimum Gasteiger partial charge on any atom is -0.383 e. The van der Waals surface area contributed by atoms with Crippen LogP contribution in [0.1, 0.15) is 10.4 Å². The number of anilines is 1. The van der Waals surface area contributed by atoms with Gasteiger partial charge in [0.15, 0.2) is 0 Å². The second-order valence-corrected chi connectivity index (χ2v) is 7.67. The third-order valence-electron chi connectivity index (χ3n) is 4.46. The number of pyridine rings is 1. The molecule has 0 spiro atoms. The van der Waals surface area contributed by atoms with E-state index in [0.29, 0.717) is 11.4 Å². The van der Waals surface area contributed by atoms with Crippen LogP contribution < -0.4 is 5.73 Å². The largest absolute Gasteiger partial charge is 0.383 e. The van der Waals surface area contributed by atoms with Crippen molar-refractivity contribution in [3.63, 3.8) is 0 Å². The van der Waals surface area contributed by atoms with Crippen LogP contribution in [0.15, 0.2) is 66.9 Å². The molecule has 2 aromatic heterocycles. The minimum atomic E-state index is -0.0379. The smallest absolute Gasteiger partial charge is 0.253 e. The molecule has 134 valence electrons. The summed E-state index contributed by atoms with van der Waals surface area (Å²) >= 11 is 1.73. The van der Waals surface area contributed by atoms with Crippen LogP contribution in [-0.2, 0) is 0 Å². The third kappa shape index (κ3) is 3.29. The van der Waals surface area contributed by atoms with Gasteiger partial charge in [-0.3, -0.25) is 4.79 Å². The second kappa shape index (κ2) is 6.85. The Bertz CT molecular complexity index is 1110. The van der Waals surface area contributed by atoms with E-state index in [1.165, 1.54) is 10.1 Å². The van der Waals surface area contributed by atoms with E-state index < -0.39 is 0 Å². The highest BCUT2D eigenvalue weighted by Gasteiger charge is 2.13. The summed E-state index contributed by atoms with van der Waals surface area (Å²) < 4.78 is 1.24. The molecule has 0 aliphatic rings. The Morgan fingerprint density at radius 1 is 1.00 bits per heavy atom. The molecule has 0 saturated heterocycles. The van der Waals surface area contributed by atoms with Crippen LogP contribution >= 0.6 is 11.3 Å². The number of amides is 1. The van der Waals surface area contributed by atoms with Crippen molar-refractivity contribution in [2.24, 2.45) is 0 Å². The van der Waals surface area contributed by atoms with E-state index in [1.54, 1.807) is 36.5 Å². The highest BCUT2D eigenvalue weighted by molar-refractivity contribution is 7.22. The number of rotatable bonds is 3. The first kappa shape index (κ1) is 17.2. The highest BCUT2D eigenvalue weighted by atomic mass is 32.1. The number of carbonyl (C=O) groups excluding carboxylic acids is 1. The number of carbonyl (C=O) groups is 1. The molecule has 4 nitrogen and oxygen atoms in total. The average molecular weight is 373 g/mol. The summed E-state index contributed by atoms with van der Waals surface area (Å²) in [6, 6.07) is 20.0. The Hall–Kier alpha value is -3.18. The van der Waals surface area contributed by atoms with Crippen molar-refractivity contribution >= 4 is 33.1 Å². The fourth-order valence-electron chi connectivity index (χ4n) is 3.04. The van der Waals surface area contributed by atoms with E-state index in [4.69, 9.17) is 5.73 Å². The number of fused-ring (bicyclic) bond motifs is 1. The van der Waals surface area contributed by atoms with Crippen molar-refractivity contribution in [3.05, 3.63) is 72.4 Å². The molecule has 2 aromatic carbocycles. The van der Waals surface area contributed by atoms with Crippen molar-refractivity contribution < 1.29 is 4.79 Å². The van der Waals surface area contributed by atoms with Gasteiger partial charge in [-0.1, -0.05) is 30.3 Å². The monoisotopic (exact) mass is 373 g/mol. The molecule has 0 aliphatic heterocycles. The summed E-state index contributed by atoms with van der Waals surface area (Å²) in [4.78, 5) is 19.4. The zero-order chi connectivity index (χ0) is 19.0. The van der Waals surface area contributed by atoms with Gasteiger partial charge in [0.1, 0.15) is 5.82 Å². The zero-order valence-corrected chi connectivity index (χ0v) is 16.0. The third-order valence-corrected chi connectivity index (χ3v) is 5.62. The predicted molar refractivity (Wildman–Crippen MR) is 113 cm³/mol. The first-order valence-corrected chi connectivity index (χ1v) is 9.41. The standard InChI is InChI=1S/C22H19N3OS/c1-25(2)22(26)16-8-5-7-14(10-16)18-11-17(13-24-21(18)23)20-12-15-6-3-4-9-19(15)27-20/h3-13H,1-2H3,(H2,23,24). The van der Waals surface area contributed by atoms with Crippen LogP contribution in [0.25, 0.3) is 31.7 Å². The lowest BCUT2D eigenvalue weighted by Gasteiger charge is -2.12. The van der Waals surface area contributed by atoms with Crippen LogP contribution in [0.5, 0.6) is 0 Å². The van der Waals surface area contributed by atoms with Crippen LogP contribution in [-0.4, -0.2) is 29.9 Å². The van der Waals surface area contributed by atoms with E-state index in [9.17, 15) is 4.79 Å². The van der Waals surface area contributed by atoms with E-state index in [-0.39, 0.29) is 5.91 Å². The maximum Gasteiger partial charge on any atom is 0.253 e. The number of nitrogen functional groups attached to an aromatic ring is 1. The number of hydrogen-bond acceptors (Lipinski definition) is 4. The Morgan fingerprint density at radius 3 is 2.59 bits per heavy atom. The van der Waals surface area contributed by atoms with Crippen LogP contribution in [0.4, 0.5) is 5.82 Å². The van der Waals surface area contributed by atoms with Crippen molar-refractivity contribution in [2.45, 2.75) is 0 Å². The van der Waals surface area contributed by atoms with Crippen molar-refractivity contribution in [2.75, 3.05) is 19.8 Å². The molecular formula is C22H19N3OS. The molecule has 0 atom stereocenters. The predicted octanol–water partition coefficient (Wildman–Crippen LogP) is 4.91. The van der Waals surface area contributed by atoms with Crippen molar-refractivity contribution in [3.8, 4) is 21.6 Å². The van der Waals surface area contributed by atoms with E-state index >= 15 is 0 Å². The molecule has 2 heterocycles. The molecule has 1 amide bonds. The van der Waals surface area contributed by atoms with Gasteiger partial charge in [0.2, 0.25) is 0 Å². The number of thiophene rings is 1. The van der Waals surface area contributed by atoms with Crippen molar-refractivity contribution in [1.82, 2.24) is 9.88 Å². The van der Waals surface area contributed by atoms with Gasteiger partial charge in [0, 0.05) is 46.6 Å². The Balaban J connectivity index is 1.79. The van der Waals surface area contributed by atoms with Crippen LogP contribution in [0.2, 0.25) is 0 Å². The fourth-order valence-corrected chi connectivity index (χ4v) is 4.09. The Labute approximate surface area is 161 Å². The summed E-state index contributed by atoms with van der Waals surface area (Å²) in [6.45, 7) is 0. The minimum absolute atomic E-state index is 0.0379. The maximum absolute atomic E-state index is 12.3. The summed E-state index contributed by atoms with van der Waals surface area (Å²) in [5.41, 5.74) is 9.52. The molecule has 27 heavy (non-hydrogen) atoms. The van der Waals surface area contributed by atoms with Gasteiger partial charge in [-0.25, -0.2) is 4.98 Å². The molecule has 0 radical (unpaired) electrons. The van der Waals surface area contributed by atoms with Gasteiger partial charge in [0.05, 0.1) is 0 Å². The molecule has 2 N–H and O–H groups in total. The molecule has 4 aromatic rings. The molecule has 0 unspecified atom stereocenters. The molecule has 4 rings (SSSR count). The average Bonchev–Trinajstić information content (AvgIpc) is 3.12. The molecule has 0 saturated carbocycles. The number of hydrogen-bond donors (Lipinski definition) is 1. The Morgan fingerprint density at radius 2 is 1.81 bits per heavy atom. The summed E-state index contributed by atoms with van der Waals surface area (Å²) in [5.74, 6) is 0.415. The van der Waals surface area contributed by atoms with Crippen LogP contribution in [0.3, 0.4) is 0 Å². The first-order valence-electron chi connectivity index (χ1n) is 8.59. The quantitative estimate of drug-likeness (QED) is 0.555. The lowest BCUT2D eigenvalue weighted by Crippen LogP contribution is -2.21. The first-order chi connectivity index (χ1) is 13.0. The van der Waals surface area contributed by atoms with Gasteiger partial charge in [-0.2, -0.15) is 0 Å². The highest BCUT2D eigenvalue weighted by Crippen LogP contribution is 2.36.